The number of nitrogens with zero attached hydrogens (tertiary/aromatic N) is 4. The number of aryl methyl sites for hydroxylation is 1. The lowest BCUT2D eigenvalue weighted by molar-refractivity contribution is 0.0428. The minimum Gasteiger partial charge on any atom is -0.377 e. The van der Waals surface area contributed by atoms with E-state index >= 15 is 0 Å². The summed E-state index contributed by atoms with van der Waals surface area (Å²) in [5, 5.41) is 0. The normalized spacial score (nSPS) is 24.9. The van der Waals surface area contributed by atoms with E-state index in [1.54, 1.807) is 28.2 Å². The molecule has 0 saturated carbocycles. The predicted molar refractivity (Wildman–Crippen MR) is 109 cm³/mol. The Morgan fingerprint density at radius 2 is 1.79 bits per heavy atom. The van der Waals surface area contributed by atoms with Gasteiger partial charge in [0.1, 0.15) is 10.6 Å². The van der Waals surface area contributed by atoms with Gasteiger partial charge >= 0.3 is 0 Å². The SMILES string of the molecule is Cn1cc(S(=O)(=O)N2CCCCC2)cc1C(=O)N1CCN(CC2CCCO2)CC1. The van der Waals surface area contributed by atoms with Gasteiger partial charge in [0, 0.05) is 65.7 Å². The standard InChI is InChI=1S/C20H32N4O4S/c1-21-16-18(29(26,27)24-7-3-2-4-8-24)14-19(21)20(25)23-11-9-22(10-12-23)15-17-6-5-13-28-17/h14,16-17H,2-13,15H2,1H3. The summed E-state index contributed by atoms with van der Waals surface area (Å²) in [5.41, 5.74) is 0.438. The van der Waals surface area contributed by atoms with E-state index in [0.29, 0.717) is 38.0 Å². The fraction of sp³-hybridized carbons (Fsp3) is 0.750. The highest BCUT2D eigenvalue weighted by molar-refractivity contribution is 7.89. The Labute approximate surface area is 173 Å². The molecule has 4 heterocycles. The molecule has 29 heavy (non-hydrogen) atoms. The Morgan fingerprint density at radius 1 is 1.07 bits per heavy atom. The van der Waals surface area contributed by atoms with E-state index in [1.807, 2.05) is 4.90 Å². The largest absolute Gasteiger partial charge is 0.377 e. The van der Waals surface area contributed by atoms with Crippen molar-refractivity contribution >= 4 is 15.9 Å². The maximum atomic E-state index is 13.0. The van der Waals surface area contributed by atoms with Gasteiger partial charge < -0.3 is 14.2 Å². The Kier molecular flexibility index (Phi) is 6.29. The fourth-order valence-corrected chi connectivity index (χ4v) is 6.10. The summed E-state index contributed by atoms with van der Waals surface area (Å²) in [5.74, 6) is -0.0932. The number of sulfonamides is 1. The molecule has 1 unspecified atom stereocenters. The third kappa shape index (κ3) is 4.52. The van der Waals surface area contributed by atoms with Crippen LogP contribution in [0.3, 0.4) is 0 Å². The lowest BCUT2D eigenvalue weighted by atomic mass is 10.2. The van der Waals surface area contributed by atoms with E-state index in [9.17, 15) is 13.2 Å². The summed E-state index contributed by atoms with van der Waals surface area (Å²) in [4.78, 5) is 17.5. The van der Waals surface area contributed by atoms with Crippen molar-refractivity contribution < 1.29 is 17.9 Å². The Hall–Kier alpha value is -1.42. The van der Waals surface area contributed by atoms with E-state index in [-0.39, 0.29) is 10.8 Å². The number of carbonyl (C=O) groups excluding carboxylic acids is 1. The van der Waals surface area contributed by atoms with E-state index < -0.39 is 10.0 Å². The number of rotatable bonds is 5. The summed E-state index contributed by atoms with van der Waals surface area (Å²) in [6.07, 6.45) is 7.03. The van der Waals surface area contributed by atoms with Crippen molar-refractivity contribution in [3.8, 4) is 0 Å². The van der Waals surface area contributed by atoms with Crippen LogP contribution in [0.25, 0.3) is 0 Å². The lowest BCUT2D eigenvalue weighted by Gasteiger charge is -2.35. The van der Waals surface area contributed by atoms with Gasteiger partial charge in [0.05, 0.1) is 6.10 Å². The fourth-order valence-electron chi connectivity index (χ4n) is 4.51. The zero-order valence-electron chi connectivity index (χ0n) is 17.3. The zero-order valence-corrected chi connectivity index (χ0v) is 18.1. The molecule has 1 atom stereocenters. The molecule has 1 amide bonds. The number of amides is 1. The number of ether oxygens (including phenoxy) is 1. The second kappa shape index (κ2) is 8.75. The molecule has 9 heteroatoms. The molecule has 3 aliphatic heterocycles. The minimum atomic E-state index is -3.53. The number of hydrogen-bond donors (Lipinski definition) is 0. The van der Waals surface area contributed by atoms with Crippen LogP contribution in [0, 0.1) is 0 Å². The average Bonchev–Trinajstić information content (AvgIpc) is 3.38. The molecule has 162 valence electrons. The van der Waals surface area contributed by atoms with Gasteiger partial charge in [0.2, 0.25) is 10.0 Å². The quantitative estimate of drug-likeness (QED) is 0.709. The smallest absolute Gasteiger partial charge is 0.270 e. The highest BCUT2D eigenvalue weighted by Crippen LogP contribution is 2.23. The average molecular weight is 425 g/mol. The number of piperidine rings is 1. The van der Waals surface area contributed by atoms with Gasteiger partial charge in [-0.25, -0.2) is 8.42 Å². The molecule has 3 fully saturated rings. The van der Waals surface area contributed by atoms with Crippen molar-refractivity contribution in [1.29, 1.82) is 0 Å². The molecule has 3 saturated heterocycles. The monoisotopic (exact) mass is 424 g/mol. The first-order valence-electron chi connectivity index (χ1n) is 10.7. The highest BCUT2D eigenvalue weighted by atomic mass is 32.2. The molecule has 3 aliphatic rings. The Bertz CT molecular complexity index is 818. The summed E-state index contributed by atoms with van der Waals surface area (Å²) < 4.78 is 34.8. The van der Waals surface area contributed by atoms with Crippen LogP contribution in [0.15, 0.2) is 17.2 Å². The van der Waals surface area contributed by atoms with Gasteiger partial charge in [-0.3, -0.25) is 9.69 Å². The molecule has 0 bridgehead atoms. The second-order valence-electron chi connectivity index (χ2n) is 8.36. The highest BCUT2D eigenvalue weighted by Gasteiger charge is 2.31. The van der Waals surface area contributed by atoms with Crippen LogP contribution in [0.4, 0.5) is 0 Å². The van der Waals surface area contributed by atoms with Crippen LogP contribution in [0.5, 0.6) is 0 Å². The van der Waals surface area contributed by atoms with Gasteiger partial charge in [-0.2, -0.15) is 4.31 Å². The van der Waals surface area contributed by atoms with Crippen molar-refractivity contribution in [2.45, 2.75) is 43.1 Å². The van der Waals surface area contributed by atoms with Gasteiger partial charge in [-0.15, -0.1) is 0 Å². The van der Waals surface area contributed by atoms with E-state index in [1.165, 1.54) is 0 Å². The lowest BCUT2D eigenvalue weighted by Crippen LogP contribution is -2.50. The molecular formula is C20H32N4O4S. The molecule has 1 aromatic rings. The second-order valence-corrected chi connectivity index (χ2v) is 10.3. The summed E-state index contributed by atoms with van der Waals surface area (Å²) in [6.45, 7) is 5.89. The molecule has 4 rings (SSSR count). The zero-order chi connectivity index (χ0) is 20.4. The number of aromatic nitrogens is 1. The number of piperazine rings is 1. The Morgan fingerprint density at radius 3 is 2.45 bits per heavy atom. The van der Waals surface area contributed by atoms with Crippen LogP contribution in [0.2, 0.25) is 0 Å². The number of hydrogen-bond acceptors (Lipinski definition) is 5. The van der Waals surface area contributed by atoms with E-state index in [0.717, 1.165) is 58.3 Å². The van der Waals surface area contributed by atoms with Gasteiger partial charge in [-0.1, -0.05) is 6.42 Å². The van der Waals surface area contributed by atoms with E-state index in [2.05, 4.69) is 4.90 Å². The van der Waals surface area contributed by atoms with Crippen LogP contribution >= 0.6 is 0 Å². The van der Waals surface area contributed by atoms with Crippen molar-refractivity contribution in [3.63, 3.8) is 0 Å². The topological polar surface area (TPSA) is 75.1 Å². The summed E-state index contributed by atoms with van der Waals surface area (Å²) >= 11 is 0. The van der Waals surface area contributed by atoms with E-state index in [4.69, 9.17) is 4.74 Å². The van der Waals surface area contributed by atoms with Gasteiger partial charge in [0.25, 0.3) is 5.91 Å². The summed E-state index contributed by atoms with van der Waals surface area (Å²) in [7, 11) is -1.78. The molecular weight excluding hydrogens is 392 g/mol. The number of carbonyl (C=O) groups is 1. The van der Waals surface area contributed by atoms with Crippen LogP contribution in [0.1, 0.15) is 42.6 Å². The molecule has 1 aromatic heterocycles. The van der Waals surface area contributed by atoms with Crippen molar-refractivity contribution in [2.24, 2.45) is 7.05 Å². The molecule has 0 aromatic carbocycles. The molecule has 0 N–H and O–H groups in total. The molecule has 0 aliphatic carbocycles. The maximum Gasteiger partial charge on any atom is 0.270 e. The third-order valence-electron chi connectivity index (χ3n) is 6.30. The van der Waals surface area contributed by atoms with Crippen LogP contribution in [-0.4, -0.2) is 91.5 Å². The van der Waals surface area contributed by atoms with Crippen LogP contribution in [-0.2, 0) is 21.8 Å². The van der Waals surface area contributed by atoms with Crippen molar-refractivity contribution in [2.75, 3.05) is 52.4 Å². The molecule has 0 radical (unpaired) electrons. The van der Waals surface area contributed by atoms with Crippen LogP contribution < -0.4 is 0 Å². The third-order valence-corrected chi connectivity index (χ3v) is 8.16. The van der Waals surface area contributed by atoms with Crippen molar-refractivity contribution in [3.05, 3.63) is 18.0 Å². The van der Waals surface area contributed by atoms with Gasteiger partial charge in [0.15, 0.2) is 0 Å². The molecule has 8 nitrogen and oxygen atoms in total. The predicted octanol–water partition coefficient (Wildman–Crippen LogP) is 1.14. The summed E-state index contributed by atoms with van der Waals surface area (Å²) in [6, 6.07) is 1.55. The first kappa shape index (κ1) is 20.8. The maximum absolute atomic E-state index is 13.0. The van der Waals surface area contributed by atoms with Gasteiger partial charge in [-0.05, 0) is 31.7 Å². The van der Waals surface area contributed by atoms with Crippen molar-refractivity contribution in [1.82, 2.24) is 18.7 Å². The first-order valence-corrected chi connectivity index (χ1v) is 12.2. The first-order chi connectivity index (χ1) is 13.9. The molecule has 0 spiro atoms. The Balaban J connectivity index is 1.39. The minimum absolute atomic E-state index is 0.0932.